The van der Waals surface area contributed by atoms with E-state index in [0.29, 0.717) is 0 Å². The van der Waals surface area contributed by atoms with Crippen molar-refractivity contribution in [2.75, 3.05) is 26.2 Å². The second-order valence-corrected chi connectivity index (χ2v) is 6.97. The zero-order chi connectivity index (χ0) is 12.0. The van der Waals surface area contributed by atoms with E-state index in [0.717, 1.165) is 13.1 Å². The number of nitrogens with one attached hydrogen (secondary N) is 1. The van der Waals surface area contributed by atoms with E-state index in [9.17, 15) is 4.79 Å². The van der Waals surface area contributed by atoms with Crippen molar-refractivity contribution >= 4 is 21.8 Å². The molecule has 0 aromatic rings. The van der Waals surface area contributed by atoms with E-state index < -0.39 is 4.32 Å². The number of carbonyl (C=O) groups excluding carboxylic acids is 1. The molecule has 0 aromatic heterocycles. The third-order valence-corrected chi connectivity index (χ3v) is 3.31. The number of hydrogen-bond donors (Lipinski definition) is 1. The second kappa shape index (κ2) is 6.60. The van der Waals surface area contributed by atoms with Crippen LogP contribution in [0.4, 0.5) is 0 Å². The number of amides is 1. The minimum Gasteiger partial charge on any atom is -0.354 e. The molecule has 1 rings (SSSR count). The van der Waals surface area contributed by atoms with Crippen LogP contribution in [0.2, 0.25) is 0 Å². The summed E-state index contributed by atoms with van der Waals surface area (Å²) in [5.41, 5.74) is 0. The lowest BCUT2D eigenvalue weighted by molar-refractivity contribution is -0.122. The quantitative estimate of drug-likeness (QED) is 0.805. The topological polar surface area (TPSA) is 32.3 Å². The Morgan fingerprint density at radius 2 is 1.81 bits per heavy atom. The maximum absolute atomic E-state index is 11.6. The van der Waals surface area contributed by atoms with Crippen LogP contribution in [-0.4, -0.2) is 41.3 Å². The van der Waals surface area contributed by atoms with Gasteiger partial charge < -0.3 is 10.2 Å². The van der Waals surface area contributed by atoms with Crippen molar-refractivity contribution in [2.24, 2.45) is 0 Å². The van der Waals surface area contributed by atoms with Crippen LogP contribution < -0.4 is 5.32 Å². The number of alkyl halides is 1. The molecule has 1 amide bonds. The van der Waals surface area contributed by atoms with Gasteiger partial charge in [-0.05, 0) is 39.8 Å². The van der Waals surface area contributed by atoms with Gasteiger partial charge in [-0.1, -0.05) is 28.8 Å². The molecule has 1 saturated heterocycles. The minimum atomic E-state index is -0.453. The maximum atomic E-state index is 11.6. The molecule has 1 aliphatic rings. The Morgan fingerprint density at radius 3 is 2.31 bits per heavy atom. The van der Waals surface area contributed by atoms with Gasteiger partial charge in [-0.25, -0.2) is 0 Å². The van der Waals surface area contributed by atoms with Crippen LogP contribution >= 0.6 is 15.9 Å². The van der Waals surface area contributed by atoms with Gasteiger partial charge in [-0.3, -0.25) is 4.79 Å². The first kappa shape index (κ1) is 14.0. The number of nitrogens with zero attached hydrogens (tertiary/aromatic N) is 1. The number of halogens is 1. The van der Waals surface area contributed by atoms with Gasteiger partial charge in [-0.15, -0.1) is 0 Å². The molecule has 1 fully saturated rings. The summed E-state index contributed by atoms with van der Waals surface area (Å²) in [6.07, 6.45) is 5.32. The van der Waals surface area contributed by atoms with Gasteiger partial charge in [0.25, 0.3) is 0 Å². The Labute approximate surface area is 107 Å². The maximum Gasteiger partial charge on any atom is 0.236 e. The molecule has 0 radical (unpaired) electrons. The molecule has 0 saturated carbocycles. The van der Waals surface area contributed by atoms with E-state index in [-0.39, 0.29) is 5.91 Å². The van der Waals surface area contributed by atoms with Crippen LogP contribution in [-0.2, 0) is 4.79 Å². The molecule has 0 aliphatic carbocycles. The smallest absolute Gasteiger partial charge is 0.236 e. The first-order valence-electron chi connectivity index (χ1n) is 6.20. The first-order chi connectivity index (χ1) is 7.50. The van der Waals surface area contributed by atoms with Gasteiger partial charge in [0.05, 0.1) is 4.32 Å². The summed E-state index contributed by atoms with van der Waals surface area (Å²) in [4.78, 5) is 14.1. The van der Waals surface area contributed by atoms with Crippen molar-refractivity contribution < 1.29 is 4.79 Å². The predicted molar refractivity (Wildman–Crippen MR) is 70.9 cm³/mol. The normalized spacial score (nSPS) is 19.2. The van der Waals surface area contributed by atoms with Crippen molar-refractivity contribution in [3.63, 3.8) is 0 Å². The van der Waals surface area contributed by atoms with E-state index >= 15 is 0 Å². The van der Waals surface area contributed by atoms with Crippen molar-refractivity contribution in [1.82, 2.24) is 10.2 Å². The molecule has 94 valence electrons. The summed E-state index contributed by atoms with van der Waals surface area (Å²) in [6.45, 7) is 7.85. The highest BCUT2D eigenvalue weighted by Crippen LogP contribution is 2.15. The summed E-state index contributed by atoms with van der Waals surface area (Å²) in [5, 5.41) is 2.96. The van der Waals surface area contributed by atoms with Crippen LogP contribution in [0.3, 0.4) is 0 Å². The molecular weight excluding hydrogens is 268 g/mol. The van der Waals surface area contributed by atoms with Gasteiger partial charge in [0, 0.05) is 13.1 Å². The summed E-state index contributed by atoms with van der Waals surface area (Å²) in [7, 11) is 0. The molecule has 0 aromatic carbocycles. The van der Waals surface area contributed by atoms with E-state index in [4.69, 9.17) is 0 Å². The third kappa shape index (κ3) is 5.30. The van der Waals surface area contributed by atoms with E-state index in [1.807, 2.05) is 13.8 Å². The first-order valence-corrected chi connectivity index (χ1v) is 6.99. The number of likely N-dealkylation sites (tertiary alicyclic amines) is 1. The van der Waals surface area contributed by atoms with Crippen molar-refractivity contribution in [3.8, 4) is 0 Å². The fourth-order valence-corrected chi connectivity index (χ4v) is 2.04. The molecular formula is C12H23BrN2O. The van der Waals surface area contributed by atoms with E-state index in [1.54, 1.807) is 0 Å². The van der Waals surface area contributed by atoms with Crippen molar-refractivity contribution in [1.29, 1.82) is 0 Å². The van der Waals surface area contributed by atoms with Gasteiger partial charge in [0.15, 0.2) is 0 Å². The summed E-state index contributed by atoms with van der Waals surface area (Å²) < 4.78 is -0.453. The average molecular weight is 291 g/mol. The average Bonchev–Trinajstić information content (AvgIpc) is 2.44. The van der Waals surface area contributed by atoms with Crippen LogP contribution in [0.5, 0.6) is 0 Å². The second-order valence-electron chi connectivity index (χ2n) is 4.98. The Hall–Kier alpha value is -0.0900. The highest BCUT2D eigenvalue weighted by atomic mass is 79.9. The highest BCUT2D eigenvalue weighted by Gasteiger charge is 2.22. The molecule has 16 heavy (non-hydrogen) atoms. The van der Waals surface area contributed by atoms with Gasteiger partial charge >= 0.3 is 0 Å². The minimum absolute atomic E-state index is 0.0716. The summed E-state index contributed by atoms with van der Waals surface area (Å²) in [5.74, 6) is 0.0716. The monoisotopic (exact) mass is 290 g/mol. The predicted octanol–water partition coefficient (Wildman–Crippen LogP) is 2.15. The SMILES string of the molecule is CC(C)(Br)C(=O)NCCN1CCCCCC1. The van der Waals surface area contributed by atoms with E-state index in [2.05, 4.69) is 26.1 Å². The fraction of sp³-hybridized carbons (Fsp3) is 0.917. The molecule has 1 N–H and O–H groups in total. The summed E-state index contributed by atoms with van der Waals surface area (Å²) in [6, 6.07) is 0. The molecule has 0 unspecified atom stereocenters. The number of hydrogen-bond acceptors (Lipinski definition) is 2. The van der Waals surface area contributed by atoms with Crippen LogP contribution in [0.1, 0.15) is 39.5 Å². The van der Waals surface area contributed by atoms with Crippen LogP contribution in [0, 0.1) is 0 Å². The highest BCUT2D eigenvalue weighted by molar-refractivity contribution is 9.10. The van der Waals surface area contributed by atoms with Gasteiger partial charge in [0.2, 0.25) is 5.91 Å². The van der Waals surface area contributed by atoms with Crippen molar-refractivity contribution in [3.05, 3.63) is 0 Å². The van der Waals surface area contributed by atoms with E-state index in [1.165, 1.54) is 38.8 Å². The zero-order valence-electron chi connectivity index (χ0n) is 10.4. The van der Waals surface area contributed by atoms with Crippen molar-refractivity contribution in [2.45, 2.75) is 43.9 Å². The molecule has 1 heterocycles. The molecule has 4 heteroatoms. The Bertz CT molecular complexity index is 218. The molecule has 3 nitrogen and oxygen atoms in total. The Kier molecular flexibility index (Phi) is 5.76. The Balaban J connectivity index is 2.17. The lowest BCUT2D eigenvalue weighted by Gasteiger charge is -2.21. The summed E-state index contributed by atoms with van der Waals surface area (Å²) >= 11 is 3.36. The lowest BCUT2D eigenvalue weighted by Crippen LogP contribution is -2.41. The lowest BCUT2D eigenvalue weighted by atomic mass is 10.2. The largest absolute Gasteiger partial charge is 0.354 e. The fourth-order valence-electron chi connectivity index (χ4n) is 1.90. The number of rotatable bonds is 4. The van der Waals surface area contributed by atoms with Gasteiger partial charge in [0.1, 0.15) is 0 Å². The molecule has 0 bridgehead atoms. The standard InChI is InChI=1S/C12H23BrN2O/c1-12(2,13)11(16)14-7-10-15-8-5-3-4-6-9-15/h3-10H2,1-2H3,(H,14,16). The molecule has 0 atom stereocenters. The molecule has 0 spiro atoms. The van der Waals surface area contributed by atoms with Crippen LogP contribution in [0.15, 0.2) is 0 Å². The van der Waals surface area contributed by atoms with Crippen LogP contribution in [0.25, 0.3) is 0 Å². The number of carbonyl (C=O) groups is 1. The Morgan fingerprint density at radius 1 is 1.25 bits per heavy atom. The zero-order valence-corrected chi connectivity index (χ0v) is 12.0. The molecule has 1 aliphatic heterocycles. The third-order valence-electron chi connectivity index (χ3n) is 2.95. The van der Waals surface area contributed by atoms with Gasteiger partial charge in [-0.2, -0.15) is 0 Å².